The van der Waals surface area contributed by atoms with Crippen LogP contribution in [0.25, 0.3) is 0 Å². The van der Waals surface area contributed by atoms with Crippen molar-refractivity contribution in [1.29, 1.82) is 0 Å². The zero-order valence-corrected chi connectivity index (χ0v) is 11.0. The number of hydrogen-bond acceptors (Lipinski definition) is 3. The Morgan fingerprint density at radius 3 is 2.95 bits per heavy atom. The molecule has 2 rings (SSSR count). The molecule has 1 amide bonds. The summed E-state index contributed by atoms with van der Waals surface area (Å²) < 4.78 is 19.1. The molecule has 0 radical (unpaired) electrons. The molecule has 3 N–H and O–H groups in total. The predicted octanol–water partition coefficient (Wildman–Crippen LogP) is 2.29. The van der Waals surface area contributed by atoms with Gasteiger partial charge in [-0.25, -0.2) is 4.39 Å². The van der Waals surface area contributed by atoms with Crippen molar-refractivity contribution in [2.24, 2.45) is 5.73 Å². The molecule has 1 aliphatic carbocycles. The summed E-state index contributed by atoms with van der Waals surface area (Å²) in [4.78, 5) is 11.1. The van der Waals surface area contributed by atoms with Crippen LogP contribution in [0.1, 0.15) is 36.0 Å². The fourth-order valence-electron chi connectivity index (χ4n) is 2.50. The van der Waals surface area contributed by atoms with Gasteiger partial charge >= 0.3 is 0 Å². The Kier molecular flexibility index (Phi) is 4.37. The van der Waals surface area contributed by atoms with Gasteiger partial charge < -0.3 is 15.8 Å². The fourth-order valence-corrected chi connectivity index (χ4v) is 2.50. The van der Waals surface area contributed by atoms with Gasteiger partial charge in [0.05, 0.1) is 11.8 Å². The van der Waals surface area contributed by atoms with Crippen molar-refractivity contribution in [1.82, 2.24) is 0 Å². The van der Waals surface area contributed by atoms with Crippen molar-refractivity contribution < 1.29 is 13.9 Å². The van der Waals surface area contributed by atoms with Gasteiger partial charge in [-0.15, -0.1) is 0 Å². The predicted molar refractivity (Wildman–Crippen MR) is 71.6 cm³/mol. The molecule has 1 saturated carbocycles. The third kappa shape index (κ3) is 3.44. The second-order valence-electron chi connectivity index (χ2n) is 4.92. The highest BCUT2D eigenvalue weighted by Gasteiger charge is 2.22. The lowest BCUT2D eigenvalue weighted by Crippen LogP contribution is -2.31. The quantitative estimate of drug-likeness (QED) is 0.878. The van der Waals surface area contributed by atoms with Crippen LogP contribution in [0.3, 0.4) is 0 Å². The van der Waals surface area contributed by atoms with Gasteiger partial charge in [-0.1, -0.05) is 0 Å². The van der Waals surface area contributed by atoms with Crippen LogP contribution in [0.2, 0.25) is 0 Å². The van der Waals surface area contributed by atoms with Crippen LogP contribution >= 0.6 is 0 Å². The van der Waals surface area contributed by atoms with E-state index in [9.17, 15) is 9.18 Å². The lowest BCUT2D eigenvalue weighted by Gasteiger charge is -2.29. The van der Waals surface area contributed by atoms with Crippen LogP contribution in [0.4, 0.5) is 10.1 Å². The second kappa shape index (κ2) is 6.02. The molecule has 1 fully saturated rings. The summed E-state index contributed by atoms with van der Waals surface area (Å²) in [6.07, 6.45) is 4.12. The smallest absolute Gasteiger partial charge is 0.248 e. The maximum Gasteiger partial charge on any atom is 0.248 e. The van der Waals surface area contributed by atoms with E-state index in [1.807, 2.05) is 0 Å². The van der Waals surface area contributed by atoms with E-state index in [1.54, 1.807) is 7.11 Å². The standard InChI is InChI=1S/C14H19FN2O2/c1-19-11-4-2-3-10(8-11)17-13-7-9(14(16)18)5-6-12(13)15/h5-7,10-11,17H,2-4,8H2,1H3,(H2,16,18). The molecule has 2 atom stereocenters. The molecule has 1 aromatic rings. The van der Waals surface area contributed by atoms with Crippen molar-refractivity contribution in [3.05, 3.63) is 29.6 Å². The largest absolute Gasteiger partial charge is 0.381 e. The normalized spacial score (nSPS) is 23.1. The van der Waals surface area contributed by atoms with Gasteiger partial charge in [0.2, 0.25) is 5.91 Å². The highest BCUT2D eigenvalue weighted by molar-refractivity contribution is 5.93. The van der Waals surface area contributed by atoms with Gasteiger partial charge in [0.1, 0.15) is 5.82 Å². The Labute approximate surface area is 112 Å². The first-order chi connectivity index (χ1) is 9.10. The summed E-state index contributed by atoms with van der Waals surface area (Å²) in [5.74, 6) is -0.925. The molecule has 0 spiro atoms. The Balaban J connectivity index is 2.09. The van der Waals surface area contributed by atoms with E-state index < -0.39 is 5.91 Å². The van der Waals surface area contributed by atoms with E-state index in [0.29, 0.717) is 11.3 Å². The van der Waals surface area contributed by atoms with E-state index >= 15 is 0 Å². The summed E-state index contributed by atoms with van der Waals surface area (Å²) in [6.45, 7) is 0. The average Bonchev–Trinajstić information content (AvgIpc) is 2.41. The number of halogens is 1. The van der Waals surface area contributed by atoms with Gasteiger partial charge in [0, 0.05) is 18.7 Å². The summed E-state index contributed by atoms with van der Waals surface area (Å²) in [5.41, 5.74) is 5.84. The number of nitrogens with one attached hydrogen (secondary N) is 1. The maximum atomic E-state index is 13.7. The van der Waals surface area contributed by atoms with Gasteiger partial charge in [-0.2, -0.15) is 0 Å². The number of methoxy groups -OCH3 is 1. The number of rotatable bonds is 4. The lowest BCUT2D eigenvalue weighted by molar-refractivity contribution is 0.0669. The molecule has 19 heavy (non-hydrogen) atoms. The lowest BCUT2D eigenvalue weighted by atomic mass is 9.92. The van der Waals surface area contributed by atoms with Crippen LogP contribution < -0.4 is 11.1 Å². The average molecular weight is 266 g/mol. The molecule has 0 saturated heterocycles. The Hall–Kier alpha value is -1.62. The van der Waals surface area contributed by atoms with Crippen molar-refractivity contribution in [3.8, 4) is 0 Å². The van der Waals surface area contributed by atoms with E-state index in [0.717, 1.165) is 25.7 Å². The van der Waals surface area contributed by atoms with Gasteiger partial charge in [0.15, 0.2) is 0 Å². The number of amides is 1. The van der Waals surface area contributed by atoms with Crippen LogP contribution in [-0.2, 0) is 4.74 Å². The van der Waals surface area contributed by atoms with Gasteiger partial charge in [-0.3, -0.25) is 4.79 Å². The Bertz CT molecular complexity index is 465. The topological polar surface area (TPSA) is 64.3 Å². The van der Waals surface area contributed by atoms with E-state index in [1.165, 1.54) is 18.2 Å². The van der Waals surface area contributed by atoms with E-state index in [4.69, 9.17) is 10.5 Å². The van der Waals surface area contributed by atoms with Crippen LogP contribution in [0, 0.1) is 5.82 Å². The molecule has 1 aliphatic rings. The Morgan fingerprint density at radius 2 is 2.26 bits per heavy atom. The number of primary amides is 1. The first-order valence-electron chi connectivity index (χ1n) is 6.49. The number of ether oxygens (including phenoxy) is 1. The molecule has 0 bridgehead atoms. The first kappa shape index (κ1) is 13.8. The van der Waals surface area contributed by atoms with E-state index in [2.05, 4.69) is 5.32 Å². The van der Waals surface area contributed by atoms with Crippen molar-refractivity contribution in [2.75, 3.05) is 12.4 Å². The third-order valence-electron chi connectivity index (χ3n) is 3.57. The number of hydrogen-bond donors (Lipinski definition) is 2. The van der Waals surface area contributed by atoms with Crippen molar-refractivity contribution in [3.63, 3.8) is 0 Å². The van der Waals surface area contributed by atoms with Gasteiger partial charge in [0.25, 0.3) is 0 Å². The molecule has 2 unspecified atom stereocenters. The zero-order valence-electron chi connectivity index (χ0n) is 11.0. The summed E-state index contributed by atoms with van der Waals surface area (Å²) >= 11 is 0. The number of anilines is 1. The summed E-state index contributed by atoms with van der Waals surface area (Å²) in [5, 5.41) is 3.15. The number of carbonyl (C=O) groups excluding carboxylic acids is 1. The zero-order chi connectivity index (χ0) is 13.8. The Morgan fingerprint density at radius 1 is 1.47 bits per heavy atom. The van der Waals surface area contributed by atoms with Crippen molar-refractivity contribution in [2.45, 2.75) is 37.8 Å². The second-order valence-corrected chi connectivity index (χ2v) is 4.92. The molecule has 1 aromatic carbocycles. The fraction of sp³-hybridized carbons (Fsp3) is 0.500. The minimum absolute atomic E-state index is 0.163. The highest BCUT2D eigenvalue weighted by atomic mass is 19.1. The third-order valence-corrected chi connectivity index (χ3v) is 3.57. The molecule has 0 aromatic heterocycles. The van der Waals surface area contributed by atoms with Crippen molar-refractivity contribution >= 4 is 11.6 Å². The van der Waals surface area contributed by atoms with Gasteiger partial charge in [-0.05, 0) is 43.9 Å². The first-order valence-corrected chi connectivity index (χ1v) is 6.49. The minimum Gasteiger partial charge on any atom is -0.381 e. The van der Waals surface area contributed by atoms with Crippen LogP contribution in [0.15, 0.2) is 18.2 Å². The number of carbonyl (C=O) groups is 1. The highest BCUT2D eigenvalue weighted by Crippen LogP contribution is 2.25. The molecule has 104 valence electrons. The molecule has 4 nitrogen and oxygen atoms in total. The van der Waals surface area contributed by atoms with Crippen LogP contribution in [0.5, 0.6) is 0 Å². The molecule has 5 heteroatoms. The van der Waals surface area contributed by atoms with Crippen LogP contribution in [-0.4, -0.2) is 25.2 Å². The number of benzene rings is 1. The SMILES string of the molecule is COC1CCCC(Nc2cc(C(N)=O)ccc2F)C1. The molecular formula is C14H19FN2O2. The minimum atomic E-state index is -0.554. The summed E-state index contributed by atoms with van der Waals surface area (Å²) in [6, 6.07) is 4.28. The van der Waals surface area contributed by atoms with E-state index in [-0.39, 0.29) is 18.0 Å². The molecular weight excluding hydrogens is 247 g/mol. The number of nitrogens with two attached hydrogens (primary N) is 1. The monoisotopic (exact) mass is 266 g/mol. The molecule has 0 heterocycles. The summed E-state index contributed by atoms with van der Waals surface area (Å²) in [7, 11) is 1.70. The maximum absolute atomic E-state index is 13.7. The molecule has 0 aliphatic heterocycles.